The van der Waals surface area contributed by atoms with E-state index in [2.05, 4.69) is 0 Å². The van der Waals surface area contributed by atoms with Crippen molar-refractivity contribution in [2.24, 2.45) is 0 Å². The second-order valence-corrected chi connectivity index (χ2v) is 7.15. The number of hydrogen-bond donors (Lipinski definition) is 0. The number of benzene rings is 2. The summed E-state index contributed by atoms with van der Waals surface area (Å²) in [5.41, 5.74) is 2.63. The van der Waals surface area contributed by atoms with Gasteiger partial charge in [-0.05, 0) is 24.6 Å². The van der Waals surface area contributed by atoms with Crippen molar-refractivity contribution in [2.45, 2.75) is 12.3 Å². The van der Waals surface area contributed by atoms with Gasteiger partial charge in [0.1, 0.15) is 5.37 Å². The van der Waals surface area contributed by atoms with Crippen molar-refractivity contribution in [3.63, 3.8) is 0 Å². The fourth-order valence-electron chi connectivity index (χ4n) is 2.61. The predicted octanol–water partition coefficient (Wildman–Crippen LogP) is 5.19. The molecular weight excluding hydrogens is 337 g/mol. The molecule has 0 aliphatic carbocycles. The highest BCUT2D eigenvalue weighted by atomic mass is 35.5. The van der Waals surface area contributed by atoms with Gasteiger partial charge in [-0.25, -0.2) is 0 Å². The molecule has 22 heavy (non-hydrogen) atoms. The number of carbonyl (C=O) groups excluding carboxylic acids is 1. The molecule has 0 saturated carbocycles. The lowest BCUT2D eigenvalue weighted by atomic mass is 10.1. The Morgan fingerprint density at radius 2 is 1.95 bits per heavy atom. The van der Waals surface area contributed by atoms with E-state index >= 15 is 0 Å². The van der Waals surface area contributed by atoms with E-state index in [-0.39, 0.29) is 11.3 Å². The van der Waals surface area contributed by atoms with Crippen LogP contribution in [0, 0.1) is 6.92 Å². The summed E-state index contributed by atoms with van der Waals surface area (Å²) >= 11 is 14.2. The minimum atomic E-state index is -0.0849. The maximum Gasteiger partial charge on any atom is 0.255 e. The fourth-order valence-corrected chi connectivity index (χ4v) is 4.37. The van der Waals surface area contributed by atoms with Crippen molar-refractivity contribution in [2.75, 3.05) is 12.3 Å². The maximum absolute atomic E-state index is 12.9. The molecule has 2 aromatic rings. The molecule has 0 bridgehead atoms. The molecule has 2 nitrogen and oxygen atoms in total. The van der Waals surface area contributed by atoms with E-state index in [0.29, 0.717) is 16.6 Å². The first kappa shape index (κ1) is 15.7. The van der Waals surface area contributed by atoms with E-state index in [0.717, 1.165) is 22.4 Å². The summed E-state index contributed by atoms with van der Waals surface area (Å²) in [5.74, 6) is 0.939. The van der Waals surface area contributed by atoms with Crippen LogP contribution in [0.4, 0.5) is 0 Å². The van der Waals surface area contributed by atoms with Crippen molar-refractivity contribution in [3.8, 4) is 0 Å². The lowest BCUT2D eigenvalue weighted by molar-refractivity contribution is 0.0759. The number of aryl methyl sites for hydroxylation is 1. The van der Waals surface area contributed by atoms with Gasteiger partial charge in [-0.1, -0.05) is 53.5 Å². The Morgan fingerprint density at radius 1 is 1.18 bits per heavy atom. The summed E-state index contributed by atoms with van der Waals surface area (Å²) in [6, 6.07) is 13.2. The largest absolute Gasteiger partial charge is 0.322 e. The smallest absolute Gasteiger partial charge is 0.255 e. The van der Waals surface area contributed by atoms with Crippen LogP contribution in [0.25, 0.3) is 0 Å². The van der Waals surface area contributed by atoms with Gasteiger partial charge in [0.25, 0.3) is 5.91 Å². The van der Waals surface area contributed by atoms with Crippen molar-refractivity contribution in [3.05, 3.63) is 69.2 Å². The van der Waals surface area contributed by atoms with Gasteiger partial charge < -0.3 is 4.90 Å². The Kier molecular flexibility index (Phi) is 4.67. The number of thioether (sulfide) groups is 1. The topological polar surface area (TPSA) is 20.3 Å². The van der Waals surface area contributed by atoms with Gasteiger partial charge in [-0.3, -0.25) is 4.79 Å². The lowest BCUT2D eigenvalue weighted by Crippen LogP contribution is -2.31. The van der Waals surface area contributed by atoms with E-state index in [1.165, 1.54) is 0 Å². The Balaban J connectivity index is 1.95. The van der Waals surface area contributed by atoms with Gasteiger partial charge in [0.2, 0.25) is 0 Å². The summed E-state index contributed by atoms with van der Waals surface area (Å²) in [4.78, 5) is 14.8. The molecule has 3 rings (SSSR count). The fraction of sp³-hybridized carbons (Fsp3) is 0.235. The number of halogens is 2. The summed E-state index contributed by atoms with van der Waals surface area (Å²) < 4.78 is 0. The van der Waals surface area contributed by atoms with Crippen LogP contribution in [0.5, 0.6) is 0 Å². The second-order valence-electron chi connectivity index (χ2n) is 5.18. The van der Waals surface area contributed by atoms with Gasteiger partial charge in [-0.15, -0.1) is 11.8 Å². The highest BCUT2D eigenvalue weighted by Crippen LogP contribution is 2.43. The summed E-state index contributed by atoms with van der Waals surface area (Å²) in [6.45, 7) is 2.67. The molecule has 1 aliphatic heterocycles. The third kappa shape index (κ3) is 2.85. The van der Waals surface area contributed by atoms with Crippen molar-refractivity contribution < 1.29 is 4.79 Å². The molecule has 1 amide bonds. The van der Waals surface area contributed by atoms with Crippen LogP contribution in [0.15, 0.2) is 42.5 Å². The Morgan fingerprint density at radius 3 is 2.73 bits per heavy atom. The molecule has 114 valence electrons. The highest BCUT2D eigenvalue weighted by Gasteiger charge is 2.33. The minimum absolute atomic E-state index is 0.0455. The zero-order valence-electron chi connectivity index (χ0n) is 12.1. The number of hydrogen-bond acceptors (Lipinski definition) is 2. The van der Waals surface area contributed by atoms with Crippen LogP contribution in [0.3, 0.4) is 0 Å². The van der Waals surface area contributed by atoms with E-state index < -0.39 is 0 Å². The van der Waals surface area contributed by atoms with E-state index in [1.54, 1.807) is 17.8 Å². The van der Waals surface area contributed by atoms with Crippen LogP contribution < -0.4 is 0 Å². The number of nitrogens with zero attached hydrogens (tertiary/aromatic N) is 1. The quantitative estimate of drug-likeness (QED) is 0.741. The van der Waals surface area contributed by atoms with Gasteiger partial charge in [0.15, 0.2) is 0 Å². The van der Waals surface area contributed by atoms with Crippen LogP contribution in [0.2, 0.25) is 10.0 Å². The number of rotatable bonds is 2. The molecule has 0 aromatic heterocycles. The molecule has 0 unspecified atom stereocenters. The first-order chi connectivity index (χ1) is 10.6. The first-order valence-corrected chi connectivity index (χ1v) is 8.82. The average Bonchev–Trinajstić information content (AvgIpc) is 2.99. The Hall–Kier alpha value is -1.16. The van der Waals surface area contributed by atoms with E-state index in [1.807, 2.05) is 48.2 Å². The molecule has 0 N–H and O–H groups in total. The third-order valence-electron chi connectivity index (χ3n) is 3.77. The minimum Gasteiger partial charge on any atom is -0.322 e. The Bertz CT molecular complexity index is 720. The maximum atomic E-state index is 12.9. The summed E-state index contributed by atoms with van der Waals surface area (Å²) in [7, 11) is 0. The molecule has 2 aromatic carbocycles. The van der Waals surface area contributed by atoms with E-state index in [4.69, 9.17) is 23.2 Å². The molecule has 1 saturated heterocycles. The molecule has 1 aliphatic rings. The van der Waals surface area contributed by atoms with Crippen molar-refractivity contribution in [1.29, 1.82) is 0 Å². The normalized spacial score (nSPS) is 17.8. The summed E-state index contributed by atoms with van der Waals surface area (Å²) in [5, 5.41) is 0.972. The van der Waals surface area contributed by atoms with Crippen LogP contribution in [-0.2, 0) is 0 Å². The molecule has 1 atom stereocenters. The van der Waals surface area contributed by atoms with Gasteiger partial charge in [0, 0.05) is 23.4 Å². The third-order valence-corrected chi connectivity index (χ3v) is 5.85. The highest BCUT2D eigenvalue weighted by molar-refractivity contribution is 7.99. The number of amides is 1. The van der Waals surface area contributed by atoms with Crippen molar-refractivity contribution in [1.82, 2.24) is 4.90 Å². The van der Waals surface area contributed by atoms with Gasteiger partial charge in [0.05, 0.1) is 10.0 Å². The lowest BCUT2D eigenvalue weighted by Gasteiger charge is -2.25. The van der Waals surface area contributed by atoms with Crippen LogP contribution in [0.1, 0.15) is 26.9 Å². The zero-order chi connectivity index (χ0) is 15.7. The van der Waals surface area contributed by atoms with Crippen molar-refractivity contribution >= 4 is 40.9 Å². The predicted molar refractivity (Wildman–Crippen MR) is 93.9 cm³/mol. The standard InChI is InChI=1S/C17H15Cl2NOS/c1-11-5-2-3-6-12(11)16(21)20-9-10-22-17(20)13-7-4-8-14(18)15(13)19/h2-8,17H,9-10H2,1H3/t17-/m1/s1. The molecule has 0 radical (unpaired) electrons. The molecule has 0 spiro atoms. The SMILES string of the molecule is Cc1ccccc1C(=O)N1CCS[C@@H]1c1cccc(Cl)c1Cl. The molecule has 1 fully saturated rings. The summed E-state index contributed by atoms with van der Waals surface area (Å²) in [6.07, 6.45) is 0. The second kappa shape index (κ2) is 6.53. The number of carbonyl (C=O) groups is 1. The van der Waals surface area contributed by atoms with Crippen LogP contribution in [-0.4, -0.2) is 23.1 Å². The molecule has 1 heterocycles. The monoisotopic (exact) mass is 351 g/mol. The van der Waals surface area contributed by atoms with Gasteiger partial charge in [-0.2, -0.15) is 0 Å². The average molecular weight is 352 g/mol. The molecule has 5 heteroatoms. The Labute approximate surface area is 144 Å². The van der Waals surface area contributed by atoms with E-state index in [9.17, 15) is 4.79 Å². The zero-order valence-corrected chi connectivity index (χ0v) is 14.4. The van der Waals surface area contributed by atoms with Gasteiger partial charge >= 0.3 is 0 Å². The molecular formula is C17H15Cl2NOS. The first-order valence-electron chi connectivity index (χ1n) is 7.01. The van der Waals surface area contributed by atoms with Crippen LogP contribution >= 0.6 is 35.0 Å².